The van der Waals surface area contributed by atoms with Crippen molar-refractivity contribution in [3.63, 3.8) is 0 Å². The Bertz CT molecular complexity index is 1700. The molecule has 3 atom stereocenters. The van der Waals surface area contributed by atoms with Crippen LogP contribution in [-0.4, -0.2) is 42.9 Å². The maximum Gasteiger partial charge on any atom is 0.416 e. The molecule has 1 aromatic carbocycles. The summed E-state index contributed by atoms with van der Waals surface area (Å²) in [5.74, 6) is -0.910. The van der Waals surface area contributed by atoms with E-state index in [4.69, 9.17) is 15.5 Å². The first-order chi connectivity index (χ1) is 20.9. The van der Waals surface area contributed by atoms with Crippen molar-refractivity contribution in [1.29, 1.82) is 0 Å². The summed E-state index contributed by atoms with van der Waals surface area (Å²) in [5, 5.41) is 12.4. The lowest BCUT2D eigenvalue weighted by molar-refractivity contribution is -0.146. The number of imidazole rings is 1. The smallest absolute Gasteiger partial charge is 0.416 e. The number of nitrogens with one attached hydrogen (secondary N) is 1. The van der Waals surface area contributed by atoms with Crippen molar-refractivity contribution in [2.24, 2.45) is 17.8 Å². The topological polar surface area (TPSA) is 145 Å². The van der Waals surface area contributed by atoms with Crippen LogP contribution in [0.4, 0.5) is 24.8 Å². The molecule has 10 nitrogen and oxygen atoms in total. The second kappa shape index (κ2) is 12.1. The van der Waals surface area contributed by atoms with E-state index < -0.39 is 29.5 Å². The highest BCUT2D eigenvalue weighted by atomic mass is 19.4. The third-order valence-electron chi connectivity index (χ3n) is 8.18. The number of alkyl halides is 3. The van der Waals surface area contributed by atoms with Crippen molar-refractivity contribution < 1.29 is 32.6 Å². The van der Waals surface area contributed by atoms with Crippen molar-refractivity contribution in [2.45, 2.75) is 52.1 Å². The molecular formula is C31H33F3N6O4. The standard InChI is InChI=1S/C31H33F3N6O4/c1-4-44-23-14-18(29(41)38-24-15-19(9-10-36-24)31(32,33)34)6-8-21(23)25-26-27(35)37-11-12-40(26)28(39-25)17-5-7-20(16(2)3)22(13-17)30(42)43/h6,8-12,14-17,20,22H,4-5,7,13H2,1-3H3,(H2,35,37)(H,42,43)(H,36,38,41)/t17-,20?,22-/m1/s1. The van der Waals surface area contributed by atoms with Crippen LogP contribution in [0.15, 0.2) is 48.9 Å². The Balaban J connectivity index is 1.52. The highest BCUT2D eigenvalue weighted by molar-refractivity contribution is 6.04. The number of anilines is 2. The number of aromatic nitrogens is 4. The Hall–Kier alpha value is -4.68. The van der Waals surface area contributed by atoms with Crippen LogP contribution in [0.5, 0.6) is 5.75 Å². The lowest BCUT2D eigenvalue weighted by Gasteiger charge is -2.35. The number of carboxylic acids is 1. The first kappa shape index (κ1) is 30.8. The number of fused-ring (bicyclic) bond motifs is 1. The maximum atomic E-state index is 13.1. The normalized spacial score (nSPS) is 18.8. The van der Waals surface area contributed by atoms with Gasteiger partial charge in [-0.3, -0.25) is 14.0 Å². The number of hydrogen-bond donors (Lipinski definition) is 3. The molecule has 0 radical (unpaired) electrons. The van der Waals surface area contributed by atoms with Crippen LogP contribution < -0.4 is 15.8 Å². The van der Waals surface area contributed by atoms with Crippen molar-refractivity contribution in [1.82, 2.24) is 19.4 Å². The third kappa shape index (κ3) is 6.03. The number of carboxylic acid groups (broad SMARTS) is 1. The lowest BCUT2D eigenvalue weighted by atomic mass is 9.69. The molecule has 1 amide bonds. The molecule has 1 aliphatic rings. The van der Waals surface area contributed by atoms with Crippen LogP contribution in [0.2, 0.25) is 0 Å². The summed E-state index contributed by atoms with van der Waals surface area (Å²) in [6.45, 7) is 6.12. The van der Waals surface area contributed by atoms with Crippen LogP contribution in [-0.2, 0) is 11.0 Å². The van der Waals surface area contributed by atoms with E-state index in [1.54, 1.807) is 25.4 Å². The fourth-order valence-electron chi connectivity index (χ4n) is 6.07. The first-order valence-electron chi connectivity index (χ1n) is 14.4. The van der Waals surface area contributed by atoms with Crippen LogP contribution in [0.1, 0.15) is 67.7 Å². The summed E-state index contributed by atoms with van der Waals surface area (Å²) in [6.07, 6.45) is 1.63. The quantitative estimate of drug-likeness (QED) is 0.211. The number of ether oxygens (including phenoxy) is 1. The fraction of sp³-hybridized carbons (Fsp3) is 0.387. The summed E-state index contributed by atoms with van der Waals surface area (Å²) in [6, 6.07) is 6.20. The molecule has 3 heterocycles. The highest BCUT2D eigenvalue weighted by Crippen LogP contribution is 2.44. The molecule has 1 unspecified atom stereocenters. The molecular weight excluding hydrogens is 577 g/mol. The SMILES string of the molecule is CCOc1cc(C(=O)Nc2cc(C(F)(F)F)ccn2)ccc1-c1nc([C@@H]2CCC(C(C)C)[C@H](C(=O)O)C2)n2ccnc(N)c12. The maximum absolute atomic E-state index is 13.1. The number of hydrogen-bond acceptors (Lipinski definition) is 7. The van der Waals surface area contributed by atoms with Crippen molar-refractivity contribution >= 4 is 29.0 Å². The third-order valence-corrected chi connectivity index (χ3v) is 8.18. The number of nitrogens with two attached hydrogens (primary N) is 1. The number of aliphatic carboxylic acids is 1. The van der Waals surface area contributed by atoms with Crippen LogP contribution in [0.3, 0.4) is 0 Å². The van der Waals surface area contributed by atoms with E-state index in [1.807, 2.05) is 18.2 Å². The van der Waals surface area contributed by atoms with Gasteiger partial charge in [0.15, 0.2) is 0 Å². The second-order valence-corrected chi connectivity index (χ2v) is 11.2. The Morgan fingerprint density at radius 3 is 2.61 bits per heavy atom. The number of pyridine rings is 1. The van der Waals surface area contributed by atoms with E-state index >= 15 is 0 Å². The van der Waals surface area contributed by atoms with Gasteiger partial charge in [0.25, 0.3) is 5.91 Å². The average molecular weight is 611 g/mol. The average Bonchev–Trinajstić information content (AvgIpc) is 3.37. The summed E-state index contributed by atoms with van der Waals surface area (Å²) < 4.78 is 47.1. The minimum absolute atomic E-state index is 0.0653. The van der Waals surface area contributed by atoms with Gasteiger partial charge >= 0.3 is 12.1 Å². The Labute approximate surface area is 251 Å². The van der Waals surface area contributed by atoms with E-state index in [-0.39, 0.29) is 41.6 Å². The summed E-state index contributed by atoms with van der Waals surface area (Å²) in [4.78, 5) is 38.3. The van der Waals surface area contributed by atoms with E-state index in [2.05, 4.69) is 15.3 Å². The number of carbonyl (C=O) groups excluding carboxylic acids is 1. The molecule has 0 spiro atoms. The van der Waals surface area contributed by atoms with Crippen molar-refractivity contribution in [3.8, 4) is 17.0 Å². The van der Waals surface area contributed by atoms with Gasteiger partial charge < -0.3 is 20.9 Å². The highest BCUT2D eigenvalue weighted by Gasteiger charge is 2.39. The first-order valence-corrected chi connectivity index (χ1v) is 14.4. The van der Waals surface area contributed by atoms with Gasteiger partial charge in [0, 0.05) is 35.6 Å². The Kier molecular flexibility index (Phi) is 8.49. The van der Waals surface area contributed by atoms with E-state index in [1.165, 1.54) is 12.1 Å². The van der Waals surface area contributed by atoms with Crippen molar-refractivity contribution in [2.75, 3.05) is 17.7 Å². The summed E-state index contributed by atoms with van der Waals surface area (Å²) >= 11 is 0. The number of rotatable bonds is 8. The predicted octanol–water partition coefficient (Wildman–Crippen LogP) is 6.28. The number of halogens is 3. The second-order valence-electron chi connectivity index (χ2n) is 11.2. The molecule has 5 rings (SSSR count). The molecule has 0 bridgehead atoms. The summed E-state index contributed by atoms with van der Waals surface area (Å²) in [5.41, 5.74) is 7.04. The number of benzene rings is 1. The monoisotopic (exact) mass is 610 g/mol. The van der Waals surface area contributed by atoms with Crippen LogP contribution >= 0.6 is 0 Å². The van der Waals surface area contributed by atoms with Gasteiger partial charge in [-0.1, -0.05) is 13.8 Å². The van der Waals surface area contributed by atoms with E-state index in [9.17, 15) is 27.9 Å². The van der Waals surface area contributed by atoms with E-state index in [0.717, 1.165) is 31.2 Å². The molecule has 0 aliphatic heterocycles. The minimum atomic E-state index is -4.59. The predicted molar refractivity (Wildman–Crippen MR) is 157 cm³/mol. The van der Waals surface area contributed by atoms with Gasteiger partial charge in [0.2, 0.25) is 0 Å². The zero-order valence-electron chi connectivity index (χ0n) is 24.4. The molecule has 4 aromatic rings. The zero-order chi connectivity index (χ0) is 31.8. The number of amides is 1. The molecule has 232 valence electrons. The number of nitrogens with zero attached hydrogens (tertiary/aromatic N) is 4. The molecule has 1 aliphatic carbocycles. The van der Waals surface area contributed by atoms with Crippen molar-refractivity contribution in [3.05, 3.63) is 65.9 Å². The minimum Gasteiger partial charge on any atom is -0.493 e. The largest absolute Gasteiger partial charge is 0.493 e. The number of carbonyl (C=O) groups is 2. The lowest BCUT2D eigenvalue weighted by Crippen LogP contribution is -2.33. The van der Waals surface area contributed by atoms with Gasteiger partial charge in [-0.05, 0) is 68.4 Å². The molecule has 1 fully saturated rings. The zero-order valence-corrected chi connectivity index (χ0v) is 24.4. The fourth-order valence-corrected chi connectivity index (χ4v) is 6.07. The molecule has 1 saturated carbocycles. The van der Waals surface area contributed by atoms with Gasteiger partial charge in [-0.2, -0.15) is 13.2 Å². The van der Waals surface area contributed by atoms with Gasteiger partial charge in [-0.25, -0.2) is 15.0 Å². The van der Waals surface area contributed by atoms with Crippen LogP contribution in [0.25, 0.3) is 16.8 Å². The Morgan fingerprint density at radius 2 is 1.93 bits per heavy atom. The van der Waals surface area contributed by atoms with E-state index in [0.29, 0.717) is 34.8 Å². The molecule has 44 heavy (non-hydrogen) atoms. The van der Waals surface area contributed by atoms with Gasteiger partial charge in [-0.15, -0.1) is 0 Å². The molecule has 4 N–H and O–H groups in total. The molecule has 0 saturated heterocycles. The Morgan fingerprint density at radius 1 is 1.16 bits per heavy atom. The molecule has 13 heteroatoms. The summed E-state index contributed by atoms with van der Waals surface area (Å²) in [7, 11) is 0. The number of nitrogen functional groups attached to an aromatic ring is 1. The van der Waals surface area contributed by atoms with Gasteiger partial charge in [0.1, 0.15) is 34.4 Å². The van der Waals surface area contributed by atoms with Crippen LogP contribution in [0, 0.1) is 17.8 Å². The van der Waals surface area contributed by atoms with Gasteiger partial charge in [0.05, 0.1) is 18.1 Å². The molecule has 3 aromatic heterocycles.